The van der Waals surface area contributed by atoms with Gasteiger partial charge in [0.1, 0.15) is 0 Å². The molecule has 0 fully saturated rings. The van der Waals surface area contributed by atoms with Crippen LogP contribution in [0.15, 0.2) is 42.5 Å². The van der Waals surface area contributed by atoms with Crippen LogP contribution >= 0.6 is 23.8 Å². The molecule has 0 bridgehead atoms. The summed E-state index contributed by atoms with van der Waals surface area (Å²) in [5.41, 5.74) is 4.17. The van der Waals surface area contributed by atoms with E-state index in [0.717, 1.165) is 16.9 Å². The topological polar surface area (TPSA) is 24.1 Å². The Hall–Kier alpha value is -1.58. The molecule has 0 amide bonds. The molecule has 0 heterocycles. The first kappa shape index (κ1) is 15.8. The van der Waals surface area contributed by atoms with Crippen LogP contribution in [0.25, 0.3) is 0 Å². The van der Waals surface area contributed by atoms with Crippen LogP contribution in [0.4, 0.5) is 11.4 Å². The zero-order valence-corrected chi connectivity index (χ0v) is 14.0. The molecule has 21 heavy (non-hydrogen) atoms. The van der Waals surface area contributed by atoms with Crippen LogP contribution in [-0.2, 0) is 0 Å². The van der Waals surface area contributed by atoms with Crippen LogP contribution in [0.5, 0.6) is 0 Å². The molecule has 0 aliphatic heterocycles. The number of hydrogen-bond acceptors (Lipinski definition) is 1. The lowest BCUT2D eigenvalue weighted by atomic mass is 10.0. The van der Waals surface area contributed by atoms with E-state index in [4.69, 9.17) is 23.8 Å². The number of hydrogen-bond donors (Lipinski definition) is 2. The standard InChI is InChI=1S/C17H19ClN2S/c1-11(2)13-5-4-6-14(10-13)19-17(21)20-16-8-7-12(3)9-15(16)18/h4-11H,1-3H3,(H2,19,20,21). The Morgan fingerprint density at radius 3 is 2.52 bits per heavy atom. The molecular formula is C17H19ClN2S. The molecule has 4 heteroatoms. The molecule has 2 aromatic carbocycles. The van der Waals surface area contributed by atoms with Gasteiger partial charge in [0.25, 0.3) is 0 Å². The minimum Gasteiger partial charge on any atom is -0.332 e. The zero-order chi connectivity index (χ0) is 15.4. The van der Waals surface area contributed by atoms with E-state index in [1.807, 2.05) is 37.3 Å². The van der Waals surface area contributed by atoms with Crippen LogP contribution < -0.4 is 10.6 Å². The highest BCUT2D eigenvalue weighted by Crippen LogP contribution is 2.23. The van der Waals surface area contributed by atoms with Crippen LogP contribution in [0.2, 0.25) is 5.02 Å². The molecule has 0 atom stereocenters. The molecule has 0 radical (unpaired) electrons. The molecule has 110 valence electrons. The van der Waals surface area contributed by atoms with Crippen LogP contribution in [-0.4, -0.2) is 5.11 Å². The number of benzene rings is 2. The summed E-state index contributed by atoms with van der Waals surface area (Å²) in [7, 11) is 0. The second-order valence-corrected chi connectivity index (χ2v) is 6.16. The Morgan fingerprint density at radius 1 is 1.10 bits per heavy atom. The fourth-order valence-electron chi connectivity index (χ4n) is 1.98. The summed E-state index contributed by atoms with van der Waals surface area (Å²) < 4.78 is 0. The Labute approximate surface area is 136 Å². The third-order valence-electron chi connectivity index (χ3n) is 3.18. The van der Waals surface area contributed by atoms with E-state index in [1.54, 1.807) is 0 Å². The Kier molecular flexibility index (Phi) is 5.21. The van der Waals surface area contributed by atoms with Gasteiger partial charge in [0, 0.05) is 5.69 Å². The van der Waals surface area contributed by atoms with Crippen molar-refractivity contribution in [1.82, 2.24) is 0 Å². The van der Waals surface area contributed by atoms with Gasteiger partial charge >= 0.3 is 0 Å². The second kappa shape index (κ2) is 6.92. The van der Waals surface area contributed by atoms with Gasteiger partial charge in [0.2, 0.25) is 0 Å². The Bertz CT molecular complexity index is 653. The van der Waals surface area contributed by atoms with E-state index < -0.39 is 0 Å². The van der Waals surface area contributed by atoms with Gasteiger partial charge < -0.3 is 10.6 Å². The predicted octanol–water partition coefficient (Wildman–Crippen LogP) is 5.58. The maximum Gasteiger partial charge on any atom is 0.175 e. The quantitative estimate of drug-likeness (QED) is 0.722. The van der Waals surface area contributed by atoms with Crippen LogP contribution in [0.3, 0.4) is 0 Å². The molecule has 2 nitrogen and oxygen atoms in total. The molecule has 0 spiro atoms. The van der Waals surface area contributed by atoms with Gasteiger partial charge in [-0.1, -0.05) is 43.6 Å². The number of nitrogens with one attached hydrogen (secondary N) is 2. The molecule has 2 N–H and O–H groups in total. The summed E-state index contributed by atoms with van der Waals surface area (Å²) in [5.74, 6) is 0.486. The average molecular weight is 319 g/mol. The van der Waals surface area contributed by atoms with Gasteiger partial charge in [-0.15, -0.1) is 0 Å². The molecular weight excluding hydrogens is 300 g/mol. The predicted molar refractivity (Wildman–Crippen MR) is 96.6 cm³/mol. The Balaban J connectivity index is 2.06. The number of thiocarbonyl (C=S) groups is 1. The van der Waals surface area contributed by atoms with E-state index in [-0.39, 0.29) is 0 Å². The maximum absolute atomic E-state index is 6.19. The zero-order valence-electron chi connectivity index (χ0n) is 12.4. The van der Waals surface area contributed by atoms with Crippen LogP contribution in [0, 0.1) is 6.92 Å². The highest BCUT2D eigenvalue weighted by atomic mass is 35.5. The lowest BCUT2D eigenvalue weighted by molar-refractivity contribution is 0.867. The number of rotatable bonds is 3. The van der Waals surface area contributed by atoms with E-state index in [0.29, 0.717) is 16.1 Å². The molecule has 0 aliphatic carbocycles. The van der Waals surface area contributed by atoms with E-state index in [1.165, 1.54) is 5.56 Å². The van der Waals surface area contributed by atoms with Crippen molar-refractivity contribution < 1.29 is 0 Å². The Morgan fingerprint density at radius 2 is 1.86 bits per heavy atom. The normalized spacial score (nSPS) is 10.5. The fraction of sp³-hybridized carbons (Fsp3) is 0.235. The van der Waals surface area contributed by atoms with Crippen molar-refractivity contribution in [2.45, 2.75) is 26.7 Å². The number of halogens is 1. The number of anilines is 2. The lowest BCUT2D eigenvalue weighted by Gasteiger charge is -2.13. The molecule has 0 saturated heterocycles. The van der Waals surface area contributed by atoms with Crippen molar-refractivity contribution in [1.29, 1.82) is 0 Å². The highest BCUT2D eigenvalue weighted by Gasteiger charge is 2.05. The van der Waals surface area contributed by atoms with Crippen molar-refractivity contribution in [3.05, 3.63) is 58.6 Å². The first-order chi connectivity index (χ1) is 9.95. The fourth-order valence-corrected chi connectivity index (χ4v) is 2.49. The van der Waals surface area contributed by atoms with Gasteiger partial charge in [0.05, 0.1) is 10.7 Å². The summed E-state index contributed by atoms with van der Waals surface area (Å²) in [5, 5.41) is 7.50. The highest BCUT2D eigenvalue weighted by molar-refractivity contribution is 7.80. The monoisotopic (exact) mass is 318 g/mol. The molecule has 2 rings (SSSR count). The van der Waals surface area contributed by atoms with Crippen LogP contribution in [0.1, 0.15) is 30.9 Å². The first-order valence-corrected chi connectivity index (χ1v) is 7.68. The largest absolute Gasteiger partial charge is 0.332 e. The van der Waals surface area contributed by atoms with E-state index >= 15 is 0 Å². The third-order valence-corrected chi connectivity index (χ3v) is 3.70. The van der Waals surface area contributed by atoms with Gasteiger partial charge in [-0.05, 0) is 60.5 Å². The van der Waals surface area contributed by atoms with Gasteiger partial charge in [-0.25, -0.2) is 0 Å². The average Bonchev–Trinajstić information content (AvgIpc) is 2.42. The summed E-state index contributed by atoms with van der Waals surface area (Å²) >= 11 is 11.5. The smallest absolute Gasteiger partial charge is 0.175 e. The molecule has 0 saturated carbocycles. The number of aryl methyl sites for hydroxylation is 1. The SMILES string of the molecule is Cc1ccc(NC(=S)Nc2cccc(C(C)C)c2)c(Cl)c1. The minimum absolute atomic E-state index is 0.486. The van der Waals surface area contributed by atoms with Crippen molar-refractivity contribution in [3.63, 3.8) is 0 Å². The molecule has 2 aromatic rings. The van der Waals surface area contributed by atoms with Crippen molar-refractivity contribution in [2.24, 2.45) is 0 Å². The van der Waals surface area contributed by atoms with Crippen molar-refractivity contribution in [2.75, 3.05) is 10.6 Å². The summed E-state index contributed by atoms with van der Waals surface area (Å²) in [6.45, 7) is 6.34. The lowest BCUT2D eigenvalue weighted by Crippen LogP contribution is -2.19. The summed E-state index contributed by atoms with van der Waals surface area (Å²) in [4.78, 5) is 0. The second-order valence-electron chi connectivity index (χ2n) is 5.34. The summed E-state index contributed by atoms with van der Waals surface area (Å²) in [6.07, 6.45) is 0. The van der Waals surface area contributed by atoms with E-state index in [2.05, 4.69) is 36.6 Å². The van der Waals surface area contributed by atoms with Gasteiger partial charge in [0.15, 0.2) is 5.11 Å². The summed E-state index contributed by atoms with van der Waals surface area (Å²) in [6, 6.07) is 14.1. The molecule has 0 aromatic heterocycles. The molecule has 0 unspecified atom stereocenters. The molecule has 0 aliphatic rings. The van der Waals surface area contributed by atoms with E-state index in [9.17, 15) is 0 Å². The first-order valence-electron chi connectivity index (χ1n) is 6.90. The van der Waals surface area contributed by atoms with Gasteiger partial charge in [-0.3, -0.25) is 0 Å². The van der Waals surface area contributed by atoms with Crippen molar-refractivity contribution in [3.8, 4) is 0 Å². The maximum atomic E-state index is 6.19. The van der Waals surface area contributed by atoms with Crippen molar-refractivity contribution >= 4 is 40.3 Å². The minimum atomic E-state index is 0.486. The van der Waals surface area contributed by atoms with Gasteiger partial charge in [-0.2, -0.15) is 0 Å². The third kappa shape index (κ3) is 4.45.